The van der Waals surface area contributed by atoms with Crippen LogP contribution in [0.25, 0.3) is 0 Å². The van der Waals surface area contributed by atoms with E-state index in [-0.39, 0.29) is 24.0 Å². The zero-order valence-corrected chi connectivity index (χ0v) is 13.3. The molecule has 0 aromatic heterocycles. The molecule has 0 unspecified atom stereocenters. The molecular formula is C13H26IN3. The number of nitrogens with one attached hydrogen (secondary N) is 1. The molecule has 1 aliphatic heterocycles. The Balaban J connectivity index is 0.00000144. The minimum Gasteiger partial charge on any atom is -0.357 e. The van der Waals surface area contributed by atoms with E-state index in [0.29, 0.717) is 0 Å². The molecule has 2 fully saturated rings. The second-order valence-electron chi connectivity index (χ2n) is 5.02. The molecule has 1 aliphatic carbocycles. The minimum absolute atomic E-state index is 0. The van der Waals surface area contributed by atoms with E-state index in [9.17, 15) is 0 Å². The Bertz CT molecular complexity index is 233. The first-order chi connectivity index (χ1) is 7.90. The number of nitrogens with zero attached hydrogens (tertiary/aromatic N) is 2. The third kappa shape index (κ3) is 5.44. The van der Waals surface area contributed by atoms with Gasteiger partial charge in [0.1, 0.15) is 0 Å². The monoisotopic (exact) mass is 351 g/mol. The Morgan fingerprint density at radius 2 is 2.00 bits per heavy atom. The fourth-order valence-corrected chi connectivity index (χ4v) is 2.33. The summed E-state index contributed by atoms with van der Waals surface area (Å²) in [6, 6.07) is 0. The van der Waals surface area contributed by atoms with Gasteiger partial charge in [-0.15, -0.1) is 24.0 Å². The Kier molecular flexibility index (Phi) is 7.23. The Labute approximate surface area is 122 Å². The first-order valence-electron chi connectivity index (χ1n) is 6.93. The molecular weight excluding hydrogens is 325 g/mol. The summed E-state index contributed by atoms with van der Waals surface area (Å²) in [7, 11) is 0. The summed E-state index contributed by atoms with van der Waals surface area (Å²) < 4.78 is 0. The van der Waals surface area contributed by atoms with Crippen LogP contribution in [0.2, 0.25) is 0 Å². The quantitative estimate of drug-likeness (QED) is 0.357. The highest BCUT2D eigenvalue weighted by Crippen LogP contribution is 2.33. The van der Waals surface area contributed by atoms with Crippen molar-refractivity contribution < 1.29 is 0 Å². The largest absolute Gasteiger partial charge is 0.357 e. The van der Waals surface area contributed by atoms with E-state index >= 15 is 0 Å². The van der Waals surface area contributed by atoms with E-state index in [1.165, 1.54) is 51.6 Å². The van der Waals surface area contributed by atoms with Crippen LogP contribution in [0.5, 0.6) is 0 Å². The molecule has 4 heteroatoms. The first-order valence-corrected chi connectivity index (χ1v) is 6.93. The van der Waals surface area contributed by atoms with Gasteiger partial charge in [0.15, 0.2) is 5.96 Å². The van der Waals surface area contributed by atoms with Crippen LogP contribution >= 0.6 is 24.0 Å². The minimum atomic E-state index is 0. The molecule has 0 atom stereocenters. The SMILES string of the molecule is CCNC(=NCCCC1CC1)N1CCCC1.I. The highest BCUT2D eigenvalue weighted by atomic mass is 127. The van der Waals surface area contributed by atoms with Crippen LogP contribution in [0.15, 0.2) is 4.99 Å². The van der Waals surface area contributed by atoms with Crippen LogP contribution in [0.3, 0.4) is 0 Å². The first kappa shape index (κ1) is 15.1. The summed E-state index contributed by atoms with van der Waals surface area (Å²) in [6.45, 7) is 6.52. The molecule has 2 rings (SSSR count). The smallest absolute Gasteiger partial charge is 0.193 e. The van der Waals surface area contributed by atoms with E-state index < -0.39 is 0 Å². The molecule has 0 bridgehead atoms. The number of aliphatic imine (C=N–C) groups is 1. The van der Waals surface area contributed by atoms with Gasteiger partial charge in [-0.3, -0.25) is 4.99 Å². The number of likely N-dealkylation sites (tertiary alicyclic amines) is 1. The maximum absolute atomic E-state index is 4.73. The lowest BCUT2D eigenvalue weighted by molar-refractivity contribution is 0.492. The molecule has 17 heavy (non-hydrogen) atoms. The Hall–Kier alpha value is 0. The zero-order chi connectivity index (χ0) is 11.2. The van der Waals surface area contributed by atoms with E-state index in [1.807, 2.05) is 0 Å². The van der Waals surface area contributed by atoms with Crippen molar-refractivity contribution in [3.05, 3.63) is 0 Å². The van der Waals surface area contributed by atoms with Crippen LogP contribution in [-0.2, 0) is 0 Å². The van der Waals surface area contributed by atoms with Gasteiger partial charge in [0.2, 0.25) is 0 Å². The average molecular weight is 351 g/mol. The van der Waals surface area contributed by atoms with Gasteiger partial charge < -0.3 is 10.2 Å². The van der Waals surface area contributed by atoms with E-state index in [2.05, 4.69) is 17.1 Å². The molecule has 0 aromatic rings. The van der Waals surface area contributed by atoms with Crippen molar-refractivity contribution in [1.82, 2.24) is 10.2 Å². The normalized spacial score (nSPS) is 20.3. The summed E-state index contributed by atoms with van der Waals surface area (Å²) in [5.41, 5.74) is 0. The molecule has 0 amide bonds. The van der Waals surface area contributed by atoms with Crippen molar-refractivity contribution in [2.45, 2.75) is 45.4 Å². The van der Waals surface area contributed by atoms with Gasteiger partial charge in [0, 0.05) is 26.2 Å². The number of rotatable bonds is 5. The molecule has 1 saturated carbocycles. The molecule has 3 nitrogen and oxygen atoms in total. The summed E-state index contributed by atoms with van der Waals surface area (Å²) in [6.07, 6.45) is 8.25. The number of hydrogen-bond donors (Lipinski definition) is 1. The standard InChI is InChI=1S/C13H25N3.HI/c1-2-14-13(16-10-3-4-11-16)15-9-5-6-12-7-8-12;/h12H,2-11H2,1H3,(H,14,15);1H. The summed E-state index contributed by atoms with van der Waals surface area (Å²) in [4.78, 5) is 7.13. The van der Waals surface area contributed by atoms with Crippen molar-refractivity contribution in [2.24, 2.45) is 10.9 Å². The molecule has 1 saturated heterocycles. The Morgan fingerprint density at radius 1 is 1.29 bits per heavy atom. The van der Waals surface area contributed by atoms with Crippen molar-refractivity contribution in [1.29, 1.82) is 0 Å². The third-order valence-corrected chi connectivity index (χ3v) is 3.47. The highest BCUT2D eigenvalue weighted by Gasteiger charge is 2.20. The van der Waals surface area contributed by atoms with Crippen molar-refractivity contribution in [3.63, 3.8) is 0 Å². The number of hydrogen-bond acceptors (Lipinski definition) is 1. The topological polar surface area (TPSA) is 27.6 Å². The molecule has 0 radical (unpaired) electrons. The molecule has 100 valence electrons. The lowest BCUT2D eigenvalue weighted by Crippen LogP contribution is -2.39. The predicted octanol–water partition coefficient (Wildman–Crippen LogP) is 2.86. The fourth-order valence-electron chi connectivity index (χ4n) is 2.33. The average Bonchev–Trinajstić information content (AvgIpc) is 2.95. The van der Waals surface area contributed by atoms with Crippen molar-refractivity contribution in [2.75, 3.05) is 26.2 Å². The van der Waals surface area contributed by atoms with Crippen LogP contribution in [0.4, 0.5) is 0 Å². The van der Waals surface area contributed by atoms with E-state index in [1.54, 1.807) is 0 Å². The molecule has 0 aromatic carbocycles. The molecule has 2 aliphatic rings. The number of guanidine groups is 1. The molecule has 0 spiro atoms. The Morgan fingerprint density at radius 3 is 2.59 bits per heavy atom. The molecule has 1 N–H and O–H groups in total. The van der Waals surface area contributed by atoms with E-state index in [4.69, 9.17) is 4.99 Å². The summed E-state index contributed by atoms with van der Waals surface area (Å²) in [5.74, 6) is 2.19. The third-order valence-electron chi connectivity index (χ3n) is 3.47. The van der Waals surface area contributed by atoms with Gasteiger partial charge in [0.05, 0.1) is 0 Å². The van der Waals surface area contributed by atoms with Crippen LogP contribution in [0.1, 0.15) is 45.4 Å². The van der Waals surface area contributed by atoms with Crippen LogP contribution in [0, 0.1) is 5.92 Å². The summed E-state index contributed by atoms with van der Waals surface area (Å²) >= 11 is 0. The fraction of sp³-hybridized carbons (Fsp3) is 0.923. The second-order valence-corrected chi connectivity index (χ2v) is 5.02. The van der Waals surface area contributed by atoms with Gasteiger partial charge in [-0.2, -0.15) is 0 Å². The van der Waals surface area contributed by atoms with Gasteiger partial charge in [-0.05, 0) is 38.5 Å². The maximum Gasteiger partial charge on any atom is 0.193 e. The van der Waals surface area contributed by atoms with Crippen molar-refractivity contribution in [3.8, 4) is 0 Å². The zero-order valence-electron chi connectivity index (χ0n) is 11.0. The van der Waals surface area contributed by atoms with Gasteiger partial charge in [-0.25, -0.2) is 0 Å². The summed E-state index contributed by atoms with van der Waals surface area (Å²) in [5, 5.41) is 3.40. The lowest BCUT2D eigenvalue weighted by Gasteiger charge is -2.20. The van der Waals surface area contributed by atoms with Crippen molar-refractivity contribution >= 4 is 29.9 Å². The van der Waals surface area contributed by atoms with Crippen LogP contribution < -0.4 is 5.32 Å². The lowest BCUT2D eigenvalue weighted by atomic mass is 10.2. The molecule has 1 heterocycles. The van der Waals surface area contributed by atoms with Gasteiger partial charge in [0.25, 0.3) is 0 Å². The highest BCUT2D eigenvalue weighted by molar-refractivity contribution is 14.0. The van der Waals surface area contributed by atoms with Gasteiger partial charge in [-0.1, -0.05) is 12.8 Å². The number of halogens is 1. The second kappa shape index (κ2) is 8.16. The predicted molar refractivity (Wildman–Crippen MR) is 84.2 cm³/mol. The van der Waals surface area contributed by atoms with E-state index in [0.717, 1.165) is 25.0 Å². The maximum atomic E-state index is 4.73. The van der Waals surface area contributed by atoms with Gasteiger partial charge >= 0.3 is 0 Å². The van der Waals surface area contributed by atoms with Crippen LogP contribution in [-0.4, -0.2) is 37.0 Å².